The van der Waals surface area contributed by atoms with E-state index in [9.17, 15) is 14.0 Å². The Morgan fingerprint density at radius 1 is 1.23 bits per heavy atom. The van der Waals surface area contributed by atoms with Gasteiger partial charge in [0.1, 0.15) is 5.82 Å². The molecule has 1 amide bonds. The first-order chi connectivity index (χ1) is 12.6. The Morgan fingerprint density at radius 2 is 2.04 bits per heavy atom. The van der Waals surface area contributed by atoms with Crippen LogP contribution in [0.25, 0.3) is 11.2 Å². The van der Waals surface area contributed by atoms with Gasteiger partial charge >= 0.3 is 5.69 Å². The molecule has 1 aliphatic carbocycles. The lowest BCUT2D eigenvalue weighted by atomic mass is 10.1. The largest absolute Gasteiger partial charge is 0.331 e. The van der Waals surface area contributed by atoms with Gasteiger partial charge in [-0.15, -0.1) is 0 Å². The molecule has 0 unspecified atom stereocenters. The second-order valence-corrected chi connectivity index (χ2v) is 6.70. The smallest absolute Gasteiger partial charge is 0.325 e. The van der Waals surface area contributed by atoms with Gasteiger partial charge in [0.25, 0.3) is 5.91 Å². The van der Waals surface area contributed by atoms with Crippen LogP contribution in [0.4, 0.5) is 4.39 Å². The summed E-state index contributed by atoms with van der Waals surface area (Å²) >= 11 is 0. The molecule has 6 nitrogen and oxygen atoms in total. The molecule has 1 fully saturated rings. The lowest BCUT2D eigenvalue weighted by Crippen LogP contribution is -2.38. The lowest BCUT2D eigenvalue weighted by molar-refractivity contribution is 0.0664. The molecule has 0 atom stereocenters. The average molecular weight is 354 g/mol. The van der Waals surface area contributed by atoms with Crippen LogP contribution in [0.15, 0.2) is 41.3 Å². The Labute approximate surface area is 149 Å². The molecule has 26 heavy (non-hydrogen) atoms. The number of H-pyrrole nitrogens is 2. The zero-order valence-electron chi connectivity index (χ0n) is 14.2. The zero-order chi connectivity index (χ0) is 18.1. The Morgan fingerprint density at radius 3 is 2.81 bits per heavy atom. The van der Waals surface area contributed by atoms with Crippen molar-refractivity contribution < 1.29 is 9.18 Å². The summed E-state index contributed by atoms with van der Waals surface area (Å²) in [6.07, 6.45) is 5.53. The van der Waals surface area contributed by atoms with Crippen LogP contribution in [0.3, 0.4) is 0 Å². The van der Waals surface area contributed by atoms with E-state index in [-0.39, 0.29) is 23.5 Å². The number of benzene rings is 1. The molecule has 0 radical (unpaired) electrons. The summed E-state index contributed by atoms with van der Waals surface area (Å²) in [5.74, 6) is -0.466. The number of nitrogens with zero attached hydrogens (tertiary/aromatic N) is 2. The summed E-state index contributed by atoms with van der Waals surface area (Å²) in [6.45, 7) is 0.350. The third-order valence-electron chi connectivity index (χ3n) is 4.88. The van der Waals surface area contributed by atoms with E-state index < -0.39 is 0 Å². The summed E-state index contributed by atoms with van der Waals surface area (Å²) in [5, 5.41) is 0. The molecular weight excluding hydrogens is 335 g/mol. The summed E-state index contributed by atoms with van der Waals surface area (Å²) in [6, 6.07) is 8.09. The summed E-state index contributed by atoms with van der Waals surface area (Å²) in [4.78, 5) is 35.7. The molecule has 1 saturated carbocycles. The Bertz CT molecular complexity index is 1000. The summed E-state index contributed by atoms with van der Waals surface area (Å²) in [7, 11) is 0. The maximum absolute atomic E-state index is 13.5. The normalized spacial score (nSPS) is 14.8. The first kappa shape index (κ1) is 16.5. The quantitative estimate of drug-likeness (QED) is 0.756. The second-order valence-electron chi connectivity index (χ2n) is 6.70. The average Bonchev–Trinajstić information content (AvgIpc) is 3.27. The molecule has 2 N–H and O–H groups in total. The predicted molar refractivity (Wildman–Crippen MR) is 95.2 cm³/mol. The minimum atomic E-state index is -0.357. The van der Waals surface area contributed by atoms with Crippen molar-refractivity contribution in [2.75, 3.05) is 0 Å². The van der Waals surface area contributed by atoms with Crippen molar-refractivity contribution in [1.82, 2.24) is 19.9 Å². The fraction of sp³-hybridized carbons (Fsp3) is 0.316. The number of nitrogens with one attached hydrogen (secondary N) is 2. The lowest BCUT2D eigenvalue weighted by Gasteiger charge is -2.29. The van der Waals surface area contributed by atoms with E-state index in [1.165, 1.54) is 18.3 Å². The van der Waals surface area contributed by atoms with E-state index in [0.717, 1.165) is 31.2 Å². The van der Waals surface area contributed by atoms with Crippen LogP contribution in [-0.2, 0) is 6.54 Å². The molecule has 0 bridgehead atoms. The maximum Gasteiger partial charge on any atom is 0.325 e. The highest BCUT2D eigenvalue weighted by Gasteiger charge is 2.28. The third kappa shape index (κ3) is 3.24. The number of hydrogen-bond donors (Lipinski definition) is 2. The maximum atomic E-state index is 13.5. The number of pyridine rings is 1. The van der Waals surface area contributed by atoms with Gasteiger partial charge in [0, 0.05) is 18.8 Å². The van der Waals surface area contributed by atoms with Gasteiger partial charge < -0.3 is 9.88 Å². The van der Waals surface area contributed by atoms with Crippen LogP contribution in [0.5, 0.6) is 0 Å². The highest BCUT2D eigenvalue weighted by molar-refractivity contribution is 5.96. The molecule has 134 valence electrons. The molecule has 1 aliphatic rings. The number of carbonyl (C=O) groups excluding carboxylic acids is 1. The first-order valence-electron chi connectivity index (χ1n) is 8.73. The molecule has 2 aromatic heterocycles. The third-order valence-corrected chi connectivity index (χ3v) is 4.88. The molecular formula is C19H19FN4O2. The van der Waals surface area contributed by atoms with Crippen LogP contribution < -0.4 is 5.69 Å². The summed E-state index contributed by atoms with van der Waals surface area (Å²) in [5.41, 5.74) is 1.73. The van der Waals surface area contributed by atoms with Crippen LogP contribution in [0.2, 0.25) is 0 Å². The number of halogens is 1. The van der Waals surface area contributed by atoms with Gasteiger partial charge in [-0.3, -0.25) is 9.78 Å². The van der Waals surface area contributed by atoms with Crippen molar-refractivity contribution in [3.8, 4) is 0 Å². The van der Waals surface area contributed by atoms with Gasteiger partial charge in [0.2, 0.25) is 0 Å². The second kappa shape index (κ2) is 6.74. The van der Waals surface area contributed by atoms with Crippen molar-refractivity contribution >= 4 is 17.1 Å². The number of imidazole rings is 1. The fourth-order valence-corrected chi connectivity index (χ4v) is 3.62. The van der Waals surface area contributed by atoms with E-state index in [0.29, 0.717) is 23.3 Å². The number of aromatic amines is 2. The number of rotatable bonds is 4. The Hall–Kier alpha value is -2.96. The van der Waals surface area contributed by atoms with Gasteiger partial charge in [-0.25, -0.2) is 14.2 Å². The Kier molecular flexibility index (Phi) is 4.28. The van der Waals surface area contributed by atoms with Gasteiger partial charge in [0.05, 0.1) is 11.1 Å². The van der Waals surface area contributed by atoms with Gasteiger partial charge in [-0.05, 0) is 36.6 Å². The standard InChI is InChI=1S/C19H19FN4O2/c20-14-5-3-4-12(8-14)11-24(15-6-1-2-7-15)18(25)13-9-16-17(21-10-13)23-19(26)22-16/h3-5,8-10,15H,1-2,6-7,11H2,(H2,21,22,23,26). The molecule has 0 spiro atoms. The Balaban J connectivity index is 1.67. The topological polar surface area (TPSA) is 81.8 Å². The van der Waals surface area contributed by atoms with Gasteiger partial charge in [0.15, 0.2) is 5.65 Å². The molecule has 0 aliphatic heterocycles. The van der Waals surface area contributed by atoms with E-state index in [1.807, 2.05) is 6.07 Å². The molecule has 4 rings (SSSR count). The van der Waals surface area contributed by atoms with Gasteiger partial charge in [-0.2, -0.15) is 0 Å². The molecule has 3 aromatic rings. The van der Waals surface area contributed by atoms with E-state index in [1.54, 1.807) is 17.0 Å². The number of amides is 1. The highest BCUT2D eigenvalue weighted by Crippen LogP contribution is 2.27. The van der Waals surface area contributed by atoms with Crippen molar-refractivity contribution in [2.45, 2.75) is 38.3 Å². The SMILES string of the molecule is O=C(c1cnc2[nH]c(=O)[nH]c2c1)N(Cc1cccc(F)c1)C1CCCC1. The van der Waals surface area contributed by atoms with Crippen molar-refractivity contribution in [1.29, 1.82) is 0 Å². The monoisotopic (exact) mass is 354 g/mol. The first-order valence-corrected chi connectivity index (χ1v) is 8.73. The number of hydrogen-bond acceptors (Lipinski definition) is 3. The van der Waals surface area contributed by atoms with Crippen LogP contribution in [0, 0.1) is 5.82 Å². The van der Waals surface area contributed by atoms with E-state index >= 15 is 0 Å². The molecule has 0 saturated heterocycles. The van der Waals surface area contributed by atoms with Crippen LogP contribution in [-0.4, -0.2) is 31.8 Å². The van der Waals surface area contributed by atoms with E-state index in [2.05, 4.69) is 15.0 Å². The van der Waals surface area contributed by atoms with Crippen LogP contribution >= 0.6 is 0 Å². The minimum Gasteiger partial charge on any atom is -0.331 e. The number of aromatic nitrogens is 3. The zero-order valence-corrected chi connectivity index (χ0v) is 14.2. The highest BCUT2D eigenvalue weighted by atomic mass is 19.1. The summed E-state index contributed by atoms with van der Waals surface area (Å²) < 4.78 is 13.5. The molecule has 1 aromatic carbocycles. The number of carbonyl (C=O) groups is 1. The van der Waals surface area contributed by atoms with Gasteiger partial charge in [-0.1, -0.05) is 25.0 Å². The fourth-order valence-electron chi connectivity index (χ4n) is 3.62. The van der Waals surface area contributed by atoms with Crippen molar-refractivity contribution in [2.24, 2.45) is 0 Å². The van der Waals surface area contributed by atoms with E-state index in [4.69, 9.17) is 0 Å². The van der Waals surface area contributed by atoms with Crippen molar-refractivity contribution in [3.05, 3.63) is 64.0 Å². The molecule has 7 heteroatoms. The predicted octanol–water partition coefficient (Wildman–Crippen LogP) is 2.98. The molecule has 2 heterocycles. The number of fused-ring (bicyclic) bond motifs is 1. The van der Waals surface area contributed by atoms with Crippen molar-refractivity contribution in [3.63, 3.8) is 0 Å². The minimum absolute atomic E-state index is 0.131. The van der Waals surface area contributed by atoms with Crippen LogP contribution in [0.1, 0.15) is 41.6 Å².